The Kier molecular flexibility index (Phi) is 1.81. The smallest absolute Gasteiger partial charge is 0.197 e. The predicted molar refractivity (Wildman–Crippen MR) is 50.1 cm³/mol. The largest absolute Gasteiger partial charge is 0.508 e. The lowest BCUT2D eigenvalue weighted by Gasteiger charge is -1.88. The van der Waals surface area contributed by atoms with Crippen molar-refractivity contribution in [1.82, 2.24) is 9.97 Å². The fourth-order valence-electron chi connectivity index (χ4n) is 1.11. The first-order chi connectivity index (χ1) is 6.16. The fraction of sp³-hybridized carbons (Fsp3) is 0.125. The minimum Gasteiger partial charge on any atom is -0.508 e. The number of aromatic amines is 1. The maximum Gasteiger partial charge on any atom is 0.197 e. The van der Waals surface area contributed by atoms with Crippen molar-refractivity contribution >= 4 is 21.8 Å². The van der Waals surface area contributed by atoms with Gasteiger partial charge >= 0.3 is 0 Å². The molecule has 1 heterocycles. The molecule has 0 amide bonds. The summed E-state index contributed by atoms with van der Waals surface area (Å²) < 4.78 is 11.1. The maximum atomic E-state index is 11.1. The Balaban J connectivity index is 2.68. The molecule has 1 unspecified atom stereocenters. The maximum absolute atomic E-state index is 11.1. The quantitative estimate of drug-likeness (QED) is 0.715. The van der Waals surface area contributed by atoms with Crippen molar-refractivity contribution in [3.05, 3.63) is 18.2 Å². The Hall–Kier alpha value is -1.36. The van der Waals surface area contributed by atoms with Crippen LogP contribution in [0.4, 0.5) is 0 Å². The van der Waals surface area contributed by atoms with E-state index in [1.165, 1.54) is 0 Å². The van der Waals surface area contributed by atoms with Crippen LogP contribution in [-0.2, 0) is 10.8 Å². The van der Waals surface area contributed by atoms with Crippen LogP contribution < -0.4 is 0 Å². The van der Waals surface area contributed by atoms with Gasteiger partial charge in [-0.1, -0.05) is 0 Å². The van der Waals surface area contributed by atoms with Gasteiger partial charge in [0.2, 0.25) is 0 Å². The summed E-state index contributed by atoms with van der Waals surface area (Å²) in [6, 6.07) is 4.78. The van der Waals surface area contributed by atoms with E-state index in [-0.39, 0.29) is 5.75 Å². The molecule has 0 saturated carbocycles. The number of benzene rings is 1. The van der Waals surface area contributed by atoms with Gasteiger partial charge in [0, 0.05) is 12.3 Å². The van der Waals surface area contributed by atoms with E-state index in [2.05, 4.69) is 9.97 Å². The van der Waals surface area contributed by atoms with Gasteiger partial charge in [0.1, 0.15) is 5.75 Å². The van der Waals surface area contributed by atoms with Gasteiger partial charge in [-0.05, 0) is 12.1 Å². The van der Waals surface area contributed by atoms with Crippen LogP contribution in [0, 0.1) is 0 Å². The standard InChI is InChI=1S/C8H8N2O2S/c1-13(12)8-9-6-3-2-5(11)4-7(6)10-8/h2-4,11H,1H3,(H,9,10). The van der Waals surface area contributed by atoms with Crippen molar-refractivity contribution in [2.75, 3.05) is 6.26 Å². The van der Waals surface area contributed by atoms with Crippen molar-refractivity contribution < 1.29 is 9.32 Å². The summed E-state index contributed by atoms with van der Waals surface area (Å²) in [7, 11) is -1.12. The van der Waals surface area contributed by atoms with Gasteiger partial charge in [-0.2, -0.15) is 0 Å². The van der Waals surface area contributed by atoms with Crippen LogP contribution in [0.3, 0.4) is 0 Å². The second-order valence-corrected chi connectivity index (χ2v) is 3.99. The van der Waals surface area contributed by atoms with E-state index in [0.29, 0.717) is 16.2 Å². The number of nitrogens with one attached hydrogen (secondary N) is 1. The first-order valence-corrected chi connectivity index (χ1v) is 5.25. The average molecular weight is 196 g/mol. The van der Waals surface area contributed by atoms with Crippen molar-refractivity contribution in [1.29, 1.82) is 0 Å². The summed E-state index contributed by atoms with van der Waals surface area (Å²) in [5, 5.41) is 9.59. The van der Waals surface area contributed by atoms with Crippen LogP contribution >= 0.6 is 0 Å². The van der Waals surface area contributed by atoms with Gasteiger partial charge in [-0.15, -0.1) is 0 Å². The van der Waals surface area contributed by atoms with E-state index in [1.54, 1.807) is 24.5 Å². The lowest BCUT2D eigenvalue weighted by Crippen LogP contribution is -1.88. The first-order valence-electron chi connectivity index (χ1n) is 3.69. The third-order valence-electron chi connectivity index (χ3n) is 1.72. The molecule has 2 aromatic rings. The summed E-state index contributed by atoms with van der Waals surface area (Å²) in [5.41, 5.74) is 1.41. The van der Waals surface area contributed by atoms with Gasteiger partial charge in [0.05, 0.1) is 21.8 Å². The van der Waals surface area contributed by atoms with Crippen LogP contribution in [0.15, 0.2) is 23.4 Å². The summed E-state index contributed by atoms with van der Waals surface area (Å²) in [4.78, 5) is 6.95. The molecule has 68 valence electrons. The number of fused-ring (bicyclic) bond motifs is 1. The van der Waals surface area contributed by atoms with Gasteiger partial charge in [0.25, 0.3) is 0 Å². The van der Waals surface area contributed by atoms with E-state index in [9.17, 15) is 4.21 Å². The zero-order chi connectivity index (χ0) is 9.42. The van der Waals surface area contributed by atoms with Crippen molar-refractivity contribution in [2.45, 2.75) is 5.16 Å². The highest BCUT2D eigenvalue weighted by molar-refractivity contribution is 7.84. The van der Waals surface area contributed by atoms with Crippen LogP contribution in [0.5, 0.6) is 5.75 Å². The Labute approximate surface area is 77.1 Å². The molecule has 1 atom stereocenters. The molecular formula is C8H8N2O2S. The number of aromatic hydroxyl groups is 1. The van der Waals surface area contributed by atoms with Crippen molar-refractivity contribution in [2.24, 2.45) is 0 Å². The fourth-order valence-corrected chi connectivity index (χ4v) is 1.59. The first kappa shape index (κ1) is 8.25. The minimum atomic E-state index is -1.12. The molecule has 0 saturated heterocycles. The third kappa shape index (κ3) is 1.42. The molecule has 1 aromatic heterocycles. The molecule has 0 radical (unpaired) electrons. The molecule has 2 rings (SSSR count). The Bertz CT molecular complexity index is 478. The van der Waals surface area contributed by atoms with E-state index in [0.717, 1.165) is 0 Å². The van der Waals surface area contributed by atoms with Crippen molar-refractivity contribution in [3.63, 3.8) is 0 Å². The third-order valence-corrected chi connectivity index (χ3v) is 2.45. The second-order valence-electron chi connectivity index (χ2n) is 2.70. The second kappa shape index (κ2) is 2.85. The summed E-state index contributed by atoms with van der Waals surface area (Å²) in [6.07, 6.45) is 1.55. The SMILES string of the molecule is CS(=O)c1nc2ccc(O)cc2[nH]1. The number of hydrogen-bond acceptors (Lipinski definition) is 3. The number of H-pyrrole nitrogens is 1. The molecule has 0 bridgehead atoms. The lowest BCUT2D eigenvalue weighted by atomic mass is 10.3. The van der Waals surface area contributed by atoms with Gasteiger partial charge in [0.15, 0.2) is 5.16 Å². The van der Waals surface area contributed by atoms with Gasteiger partial charge < -0.3 is 10.1 Å². The monoisotopic (exact) mass is 196 g/mol. The summed E-state index contributed by atoms with van der Waals surface area (Å²) >= 11 is 0. The summed E-state index contributed by atoms with van der Waals surface area (Å²) in [5.74, 6) is 0.171. The normalized spacial score (nSPS) is 13.3. The molecule has 1 aromatic carbocycles. The highest BCUT2D eigenvalue weighted by Crippen LogP contribution is 2.18. The minimum absolute atomic E-state index is 0.171. The van der Waals surface area contributed by atoms with Gasteiger partial charge in [-0.3, -0.25) is 4.21 Å². The van der Waals surface area contributed by atoms with Crippen LogP contribution in [0.2, 0.25) is 0 Å². The molecule has 4 nitrogen and oxygen atoms in total. The molecule has 0 fully saturated rings. The van der Waals surface area contributed by atoms with E-state index in [1.807, 2.05) is 0 Å². The molecule has 0 spiro atoms. The Morgan fingerprint density at radius 3 is 3.00 bits per heavy atom. The topological polar surface area (TPSA) is 66.0 Å². The zero-order valence-corrected chi connectivity index (χ0v) is 7.76. The highest BCUT2D eigenvalue weighted by Gasteiger charge is 2.05. The Morgan fingerprint density at radius 1 is 1.54 bits per heavy atom. The number of rotatable bonds is 1. The van der Waals surface area contributed by atoms with Crippen LogP contribution in [0.1, 0.15) is 0 Å². The molecule has 0 aliphatic heterocycles. The number of nitrogens with zero attached hydrogens (tertiary/aromatic N) is 1. The van der Waals surface area contributed by atoms with E-state index >= 15 is 0 Å². The number of phenolic OH excluding ortho intramolecular Hbond substituents is 1. The van der Waals surface area contributed by atoms with Crippen LogP contribution in [-0.4, -0.2) is 25.5 Å². The molecule has 5 heteroatoms. The molecule has 0 aliphatic carbocycles. The average Bonchev–Trinajstić information content (AvgIpc) is 2.46. The number of hydrogen-bond donors (Lipinski definition) is 2. The molecule has 2 N–H and O–H groups in total. The van der Waals surface area contributed by atoms with Gasteiger partial charge in [-0.25, -0.2) is 4.98 Å². The number of imidazole rings is 1. The van der Waals surface area contributed by atoms with Crippen molar-refractivity contribution in [3.8, 4) is 5.75 Å². The lowest BCUT2D eigenvalue weighted by molar-refractivity contribution is 0.476. The highest BCUT2D eigenvalue weighted by atomic mass is 32.2. The molecule has 13 heavy (non-hydrogen) atoms. The summed E-state index contributed by atoms with van der Waals surface area (Å²) in [6.45, 7) is 0. The van der Waals surface area contributed by atoms with Crippen LogP contribution in [0.25, 0.3) is 11.0 Å². The Morgan fingerprint density at radius 2 is 2.31 bits per heavy atom. The number of aromatic nitrogens is 2. The predicted octanol–water partition coefficient (Wildman–Crippen LogP) is 1.01. The zero-order valence-electron chi connectivity index (χ0n) is 6.94. The molecule has 0 aliphatic rings. The van der Waals surface area contributed by atoms with E-state index < -0.39 is 10.8 Å². The molecular weight excluding hydrogens is 188 g/mol. The van der Waals surface area contributed by atoms with E-state index in [4.69, 9.17) is 5.11 Å². The number of phenols is 1.